The lowest BCUT2D eigenvalue weighted by Gasteiger charge is -2.16. The molecule has 2 fully saturated rings. The number of amides is 1. The zero-order valence-corrected chi connectivity index (χ0v) is 12.0. The van der Waals surface area contributed by atoms with E-state index in [2.05, 4.69) is 34.5 Å². The van der Waals surface area contributed by atoms with Crippen LogP contribution in [0, 0.1) is 11.8 Å². The van der Waals surface area contributed by atoms with Crippen molar-refractivity contribution in [2.45, 2.75) is 31.2 Å². The maximum absolute atomic E-state index is 12.7. The minimum atomic E-state index is 0.272. The Morgan fingerprint density at radius 3 is 2.95 bits per heavy atom. The molecule has 1 aliphatic heterocycles. The van der Waals surface area contributed by atoms with Crippen molar-refractivity contribution in [3.63, 3.8) is 0 Å². The molecule has 1 aromatic carbocycles. The highest BCUT2D eigenvalue weighted by molar-refractivity contribution is 5.84. The fourth-order valence-electron chi connectivity index (χ4n) is 4.31. The Morgan fingerprint density at radius 2 is 2.15 bits per heavy atom. The van der Waals surface area contributed by atoms with E-state index in [9.17, 15) is 4.79 Å². The second-order valence-electron chi connectivity index (χ2n) is 6.51. The molecule has 2 aliphatic carbocycles. The number of nitrogens with zero attached hydrogens (tertiary/aromatic N) is 1. The van der Waals surface area contributed by atoms with E-state index < -0.39 is 0 Å². The zero-order valence-electron chi connectivity index (χ0n) is 12.0. The van der Waals surface area contributed by atoms with Crippen molar-refractivity contribution < 1.29 is 4.79 Å². The Balaban J connectivity index is 1.51. The van der Waals surface area contributed by atoms with Crippen LogP contribution < -0.4 is 5.32 Å². The molecule has 1 saturated carbocycles. The van der Waals surface area contributed by atoms with Crippen LogP contribution in [0.1, 0.15) is 29.9 Å². The van der Waals surface area contributed by atoms with E-state index >= 15 is 0 Å². The number of carbonyl (C=O) groups excluding carboxylic acids is 1. The summed E-state index contributed by atoms with van der Waals surface area (Å²) in [5, 5.41) is 3.29. The molecule has 20 heavy (non-hydrogen) atoms. The molecule has 1 N–H and O–H groups in total. The predicted octanol–water partition coefficient (Wildman–Crippen LogP) is 1.78. The van der Waals surface area contributed by atoms with Crippen molar-refractivity contribution >= 4 is 5.91 Å². The average Bonchev–Trinajstić information content (AvgIpc) is 3.04. The van der Waals surface area contributed by atoms with Crippen LogP contribution in [0.3, 0.4) is 0 Å². The van der Waals surface area contributed by atoms with Gasteiger partial charge in [0.25, 0.3) is 0 Å². The van der Waals surface area contributed by atoms with E-state index in [1.165, 1.54) is 17.5 Å². The van der Waals surface area contributed by atoms with Crippen LogP contribution in [-0.2, 0) is 11.2 Å². The third kappa shape index (κ3) is 1.80. The highest BCUT2D eigenvalue weighted by Crippen LogP contribution is 2.60. The Morgan fingerprint density at radius 1 is 1.30 bits per heavy atom. The van der Waals surface area contributed by atoms with Gasteiger partial charge in [-0.2, -0.15) is 0 Å². The Kier molecular flexibility index (Phi) is 2.84. The fourth-order valence-corrected chi connectivity index (χ4v) is 4.31. The van der Waals surface area contributed by atoms with Crippen molar-refractivity contribution in [2.24, 2.45) is 11.8 Å². The number of benzene rings is 1. The number of nitrogens with one attached hydrogen (secondary N) is 1. The molecular weight excluding hydrogens is 248 g/mol. The number of rotatable bonds is 2. The molecule has 1 aromatic rings. The Labute approximate surface area is 120 Å². The molecular formula is C17H22N2O. The van der Waals surface area contributed by atoms with Crippen LogP contribution in [-0.4, -0.2) is 37.0 Å². The van der Waals surface area contributed by atoms with Crippen molar-refractivity contribution in [3.05, 3.63) is 35.4 Å². The number of likely N-dealkylation sites (N-methyl/N-ethyl adjacent to an activating group) is 1. The zero-order chi connectivity index (χ0) is 13.7. The van der Waals surface area contributed by atoms with Gasteiger partial charge >= 0.3 is 0 Å². The van der Waals surface area contributed by atoms with Gasteiger partial charge < -0.3 is 10.2 Å². The second kappa shape index (κ2) is 4.59. The van der Waals surface area contributed by atoms with Crippen molar-refractivity contribution in [3.8, 4) is 0 Å². The SMILES string of the molecule is CNC1CCN(C(=O)C2C3CCc4ccccc4C32)C1. The number of carbonyl (C=O) groups is 1. The molecule has 3 nitrogen and oxygen atoms in total. The summed E-state index contributed by atoms with van der Waals surface area (Å²) < 4.78 is 0. The first kappa shape index (κ1) is 12.4. The van der Waals surface area contributed by atoms with Gasteiger partial charge in [0.1, 0.15) is 0 Å². The smallest absolute Gasteiger partial charge is 0.226 e. The van der Waals surface area contributed by atoms with Gasteiger partial charge in [-0.15, -0.1) is 0 Å². The van der Waals surface area contributed by atoms with Gasteiger partial charge in [0.15, 0.2) is 0 Å². The van der Waals surface area contributed by atoms with Gasteiger partial charge in [-0.05, 0) is 49.3 Å². The molecule has 3 aliphatic rings. The lowest BCUT2D eigenvalue weighted by Crippen LogP contribution is -2.34. The van der Waals surface area contributed by atoms with Crippen LogP contribution in [0.4, 0.5) is 0 Å². The van der Waals surface area contributed by atoms with Crippen LogP contribution in [0.25, 0.3) is 0 Å². The molecule has 0 aromatic heterocycles. The first-order valence-corrected chi connectivity index (χ1v) is 7.83. The van der Waals surface area contributed by atoms with Crippen molar-refractivity contribution in [1.82, 2.24) is 10.2 Å². The third-order valence-corrected chi connectivity index (χ3v) is 5.52. The summed E-state index contributed by atoms with van der Waals surface area (Å²) in [6.07, 6.45) is 3.45. The van der Waals surface area contributed by atoms with E-state index in [0.29, 0.717) is 23.8 Å². The summed E-state index contributed by atoms with van der Waals surface area (Å²) >= 11 is 0. The number of fused-ring (bicyclic) bond motifs is 3. The number of hydrogen-bond donors (Lipinski definition) is 1. The molecule has 1 saturated heterocycles. The molecule has 4 rings (SSSR count). The summed E-state index contributed by atoms with van der Waals surface area (Å²) in [6, 6.07) is 9.20. The molecule has 4 atom stereocenters. The monoisotopic (exact) mass is 270 g/mol. The quantitative estimate of drug-likeness (QED) is 0.888. The predicted molar refractivity (Wildman–Crippen MR) is 78.5 cm³/mol. The van der Waals surface area contributed by atoms with Crippen LogP contribution in [0.5, 0.6) is 0 Å². The van der Waals surface area contributed by atoms with Gasteiger partial charge in [0, 0.05) is 25.0 Å². The normalized spacial score (nSPS) is 34.5. The second-order valence-corrected chi connectivity index (χ2v) is 6.51. The van der Waals surface area contributed by atoms with Crippen molar-refractivity contribution in [2.75, 3.05) is 20.1 Å². The van der Waals surface area contributed by atoms with Gasteiger partial charge in [-0.25, -0.2) is 0 Å². The van der Waals surface area contributed by atoms with Gasteiger partial charge in [-0.1, -0.05) is 24.3 Å². The highest BCUT2D eigenvalue weighted by atomic mass is 16.2. The van der Waals surface area contributed by atoms with Gasteiger partial charge in [-0.3, -0.25) is 4.79 Å². The van der Waals surface area contributed by atoms with Crippen LogP contribution >= 0.6 is 0 Å². The van der Waals surface area contributed by atoms with E-state index in [4.69, 9.17) is 0 Å². The molecule has 106 valence electrons. The topological polar surface area (TPSA) is 32.3 Å². The summed E-state index contributed by atoms with van der Waals surface area (Å²) in [4.78, 5) is 14.8. The average molecular weight is 270 g/mol. The Bertz CT molecular complexity index is 542. The summed E-state index contributed by atoms with van der Waals surface area (Å²) in [7, 11) is 1.99. The minimum Gasteiger partial charge on any atom is -0.341 e. The van der Waals surface area contributed by atoms with Crippen LogP contribution in [0.15, 0.2) is 24.3 Å². The lowest BCUT2D eigenvalue weighted by molar-refractivity contribution is -0.132. The molecule has 4 unspecified atom stereocenters. The van der Waals surface area contributed by atoms with Gasteiger partial charge in [0.2, 0.25) is 5.91 Å². The molecule has 1 amide bonds. The van der Waals surface area contributed by atoms with Crippen LogP contribution in [0.2, 0.25) is 0 Å². The van der Waals surface area contributed by atoms with E-state index in [1.807, 2.05) is 7.05 Å². The maximum atomic E-state index is 12.7. The number of likely N-dealkylation sites (tertiary alicyclic amines) is 1. The van der Waals surface area contributed by atoms with E-state index in [1.54, 1.807) is 0 Å². The molecule has 0 radical (unpaired) electrons. The van der Waals surface area contributed by atoms with E-state index in [-0.39, 0.29) is 5.92 Å². The van der Waals surface area contributed by atoms with Crippen molar-refractivity contribution in [1.29, 1.82) is 0 Å². The summed E-state index contributed by atoms with van der Waals surface area (Å²) in [5.41, 5.74) is 2.92. The van der Waals surface area contributed by atoms with Gasteiger partial charge in [0.05, 0.1) is 0 Å². The molecule has 0 bridgehead atoms. The molecule has 0 spiro atoms. The standard InChI is InChI=1S/C17H22N2O/c1-18-12-8-9-19(10-12)17(20)16-14-7-6-11-4-2-3-5-13(11)15(14)16/h2-5,12,14-16,18H,6-10H2,1H3. The Hall–Kier alpha value is -1.35. The lowest BCUT2D eigenvalue weighted by atomic mass is 9.92. The number of aryl methyl sites for hydroxylation is 1. The minimum absolute atomic E-state index is 0.272. The summed E-state index contributed by atoms with van der Waals surface area (Å²) in [6.45, 7) is 1.83. The highest BCUT2D eigenvalue weighted by Gasteiger charge is 2.58. The summed E-state index contributed by atoms with van der Waals surface area (Å²) in [5.74, 6) is 1.82. The largest absolute Gasteiger partial charge is 0.341 e. The molecule has 3 heteroatoms. The fraction of sp³-hybridized carbons (Fsp3) is 0.588. The maximum Gasteiger partial charge on any atom is 0.226 e. The van der Waals surface area contributed by atoms with E-state index in [0.717, 1.165) is 25.9 Å². The third-order valence-electron chi connectivity index (χ3n) is 5.52. The molecule has 1 heterocycles. The number of hydrogen-bond acceptors (Lipinski definition) is 2. The first-order valence-electron chi connectivity index (χ1n) is 7.83. The first-order chi connectivity index (χ1) is 9.79.